The lowest BCUT2D eigenvalue weighted by Crippen LogP contribution is -2.56. The Hall–Kier alpha value is -2.33. The van der Waals surface area contributed by atoms with Crippen LogP contribution in [0.1, 0.15) is 93.3 Å². The number of likely N-dealkylation sites (tertiary alicyclic amines) is 1. The molecule has 1 saturated carbocycles. The standard InChI is InChI=1S/C27H38N2O4S/c1-7-28-16-8-9-20(25(28)31)29(24(30)19-12-10-17(2)11-13-19)22-18(3)21(14-15-27(4,5)6)34-23(22)26(32)33/h17,19-20H,7-13,16H2,1-6H3,(H,32,33)/t17?,19?,20-/m0/s1. The molecular formula is C27H38N2O4S. The molecule has 0 bridgehead atoms. The summed E-state index contributed by atoms with van der Waals surface area (Å²) in [6.07, 6.45) is 4.83. The zero-order chi connectivity index (χ0) is 25.2. The smallest absolute Gasteiger partial charge is 0.348 e. The molecule has 3 rings (SSSR count). The number of thiophene rings is 1. The average Bonchev–Trinajstić information content (AvgIpc) is 3.10. The monoisotopic (exact) mass is 486 g/mol. The Morgan fingerprint density at radius 3 is 2.38 bits per heavy atom. The average molecular weight is 487 g/mol. The molecule has 0 aromatic carbocycles. The van der Waals surface area contributed by atoms with Crippen molar-refractivity contribution in [3.63, 3.8) is 0 Å². The van der Waals surface area contributed by atoms with Gasteiger partial charge in [-0.3, -0.25) is 14.5 Å². The van der Waals surface area contributed by atoms with E-state index in [1.165, 1.54) is 0 Å². The van der Waals surface area contributed by atoms with Gasteiger partial charge < -0.3 is 10.0 Å². The summed E-state index contributed by atoms with van der Waals surface area (Å²) in [6, 6.07) is -0.671. The molecule has 2 heterocycles. The van der Waals surface area contributed by atoms with Crippen molar-refractivity contribution in [2.45, 2.75) is 86.1 Å². The van der Waals surface area contributed by atoms with Crippen molar-refractivity contribution in [3.05, 3.63) is 15.3 Å². The lowest BCUT2D eigenvalue weighted by molar-refractivity contribution is -0.137. The van der Waals surface area contributed by atoms with Gasteiger partial charge in [0.1, 0.15) is 10.9 Å². The van der Waals surface area contributed by atoms with E-state index in [1.54, 1.807) is 9.80 Å². The quantitative estimate of drug-likeness (QED) is 0.571. The van der Waals surface area contributed by atoms with E-state index in [9.17, 15) is 19.5 Å². The van der Waals surface area contributed by atoms with E-state index in [2.05, 4.69) is 18.8 Å². The minimum atomic E-state index is -1.09. The fraction of sp³-hybridized carbons (Fsp3) is 0.667. The number of piperidine rings is 1. The van der Waals surface area contributed by atoms with Gasteiger partial charge in [0, 0.05) is 30.0 Å². The van der Waals surface area contributed by atoms with Crippen LogP contribution in [0, 0.1) is 36.0 Å². The van der Waals surface area contributed by atoms with Gasteiger partial charge in [-0.05, 0) is 79.1 Å². The number of aromatic carboxylic acids is 1. The molecule has 0 unspecified atom stereocenters. The largest absolute Gasteiger partial charge is 0.477 e. The van der Waals surface area contributed by atoms with E-state index in [1.807, 2.05) is 34.6 Å². The van der Waals surface area contributed by atoms with Gasteiger partial charge in [-0.15, -0.1) is 11.3 Å². The van der Waals surface area contributed by atoms with Crippen molar-refractivity contribution in [3.8, 4) is 11.8 Å². The zero-order valence-corrected chi connectivity index (χ0v) is 22.2. The summed E-state index contributed by atoms with van der Waals surface area (Å²) in [6.45, 7) is 13.2. The predicted molar refractivity (Wildman–Crippen MR) is 136 cm³/mol. The summed E-state index contributed by atoms with van der Waals surface area (Å²) in [5, 5.41) is 10.1. The molecule has 1 aromatic heterocycles. The molecule has 186 valence electrons. The van der Waals surface area contributed by atoms with Crippen LogP contribution >= 0.6 is 11.3 Å². The Morgan fingerprint density at radius 1 is 1.18 bits per heavy atom. The maximum Gasteiger partial charge on any atom is 0.348 e. The van der Waals surface area contributed by atoms with Crippen molar-refractivity contribution in [1.82, 2.24) is 4.90 Å². The minimum Gasteiger partial charge on any atom is -0.477 e. The summed E-state index contributed by atoms with van der Waals surface area (Å²) >= 11 is 1.11. The van der Waals surface area contributed by atoms with Crippen molar-refractivity contribution < 1.29 is 19.5 Å². The molecule has 0 radical (unpaired) electrons. The third-order valence-electron chi connectivity index (χ3n) is 6.90. The first-order valence-corrected chi connectivity index (χ1v) is 13.3. The molecule has 7 heteroatoms. The van der Waals surface area contributed by atoms with E-state index in [0.717, 1.165) is 43.4 Å². The fourth-order valence-corrected chi connectivity index (χ4v) is 5.89. The first-order chi connectivity index (χ1) is 15.9. The number of amides is 2. The molecule has 1 N–H and O–H groups in total. The van der Waals surface area contributed by atoms with E-state index in [-0.39, 0.29) is 28.0 Å². The topological polar surface area (TPSA) is 77.9 Å². The molecule has 2 fully saturated rings. The molecule has 1 aliphatic heterocycles. The summed E-state index contributed by atoms with van der Waals surface area (Å²) in [7, 11) is 0. The first kappa shape index (κ1) is 26.3. The predicted octanol–water partition coefficient (Wildman–Crippen LogP) is 5.32. The van der Waals surface area contributed by atoms with E-state index >= 15 is 0 Å². The molecule has 0 spiro atoms. The van der Waals surface area contributed by atoms with Crippen LogP contribution in [0.25, 0.3) is 0 Å². The fourth-order valence-electron chi connectivity index (χ4n) is 4.90. The normalized spacial score (nSPS) is 23.3. The van der Waals surface area contributed by atoms with Crippen molar-refractivity contribution in [1.29, 1.82) is 0 Å². The molecule has 1 atom stereocenters. The van der Waals surface area contributed by atoms with E-state index < -0.39 is 12.0 Å². The zero-order valence-electron chi connectivity index (χ0n) is 21.4. The number of nitrogens with zero attached hydrogens (tertiary/aromatic N) is 2. The molecule has 1 aliphatic carbocycles. The van der Waals surface area contributed by atoms with Gasteiger partial charge in [-0.2, -0.15) is 0 Å². The number of hydrogen-bond acceptors (Lipinski definition) is 4. The Balaban J connectivity index is 2.14. The van der Waals surface area contributed by atoms with Gasteiger partial charge in [0.15, 0.2) is 0 Å². The second-order valence-corrected chi connectivity index (χ2v) is 11.8. The number of carboxylic acid groups (broad SMARTS) is 1. The third-order valence-corrected chi connectivity index (χ3v) is 8.08. The summed E-state index contributed by atoms with van der Waals surface area (Å²) in [4.78, 5) is 43.9. The molecule has 1 saturated heterocycles. The highest BCUT2D eigenvalue weighted by molar-refractivity contribution is 7.15. The number of rotatable bonds is 5. The maximum atomic E-state index is 14.0. The molecule has 2 amide bonds. The number of anilines is 1. The van der Waals surface area contributed by atoms with E-state index in [0.29, 0.717) is 41.6 Å². The highest BCUT2D eigenvalue weighted by Gasteiger charge is 2.42. The van der Waals surface area contributed by atoms with Gasteiger partial charge in [-0.25, -0.2) is 4.79 Å². The van der Waals surface area contributed by atoms with Gasteiger partial charge in [-0.1, -0.05) is 18.8 Å². The Bertz CT molecular complexity index is 1000. The highest BCUT2D eigenvalue weighted by atomic mass is 32.1. The van der Waals surface area contributed by atoms with Gasteiger partial charge in [0.05, 0.1) is 10.6 Å². The maximum absolute atomic E-state index is 14.0. The molecular weight excluding hydrogens is 448 g/mol. The SMILES string of the molecule is CCN1CCC[C@H](N(C(=O)C2CCC(C)CC2)c2c(C(=O)O)sc(C#CC(C)(C)C)c2C)C1=O. The van der Waals surface area contributed by atoms with Crippen LogP contribution in [0.5, 0.6) is 0 Å². The van der Waals surface area contributed by atoms with Crippen LogP contribution in [0.4, 0.5) is 5.69 Å². The molecule has 34 heavy (non-hydrogen) atoms. The molecule has 6 nitrogen and oxygen atoms in total. The highest BCUT2D eigenvalue weighted by Crippen LogP contribution is 2.40. The van der Waals surface area contributed by atoms with Gasteiger partial charge in [0.25, 0.3) is 0 Å². The van der Waals surface area contributed by atoms with Crippen molar-refractivity contribution in [2.24, 2.45) is 17.3 Å². The Kier molecular flexibility index (Phi) is 8.13. The lowest BCUT2D eigenvalue weighted by Gasteiger charge is -2.40. The number of hydrogen-bond donors (Lipinski definition) is 1. The summed E-state index contributed by atoms with van der Waals surface area (Å²) in [5.41, 5.74) is 0.809. The minimum absolute atomic E-state index is 0.0875. The summed E-state index contributed by atoms with van der Waals surface area (Å²) in [5.74, 6) is 5.46. The third kappa shape index (κ3) is 5.66. The van der Waals surface area contributed by atoms with Crippen molar-refractivity contribution >= 4 is 34.8 Å². The Labute approximate surface area is 207 Å². The van der Waals surface area contributed by atoms with Gasteiger partial charge >= 0.3 is 5.97 Å². The summed E-state index contributed by atoms with van der Waals surface area (Å²) < 4.78 is 0. The van der Waals surface area contributed by atoms with Crippen LogP contribution in [0.15, 0.2) is 0 Å². The van der Waals surface area contributed by atoms with Gasteiger partial charge in [0.2, 0.25) is 11.8 Å². The van der Waals surface area contributed by atoms with Crippen LogP contribution in [0.2, 0.25) is 0 Å². The lowest BCUT2D eigenvalue weighted by atomic mass is 9.81. The van der Waals surface area contributed by atoms with Crippen LogP contribution < -0.4 is 4.90 Å². The second kappa shape index (κ2) is 10.5. The Morgan fingerprint density at radius 2 is 1.82 bits per heavy atom. The van der Waals surface area contributed by atoms with Crippen LogP contribution in [0.3, 0.4) is 0 Å². The molecule has 1 aromatic rings. The number of carboxylic acids is 1. The number of likely N-dealkylation sites (N-methyl/N-ethyl adjacent to an activating group) is 1. The number of carbonyl (C=O) groups excluding carboxylic acids is 2. The van der Waals surface area contributed by atoms with Crippen LogP contribution in [-0.4, -0.2) is 46.9 Å². The first-order valence-electron chi connectivity index (χ1n) is 12.5. The van der Waals surface area contributed by atoms with E-state index in [4.69, 9.17) is 0 Å². The molecule has 2 aliphatic rings. The second-order valence-electron chi connectivity index (χ2n) is 10.8. The van der Waals surface area contributed by atoms with Crippen LogP contribution in [-0.2, 0) is 9.59 Å². The van der Waals surface area contributed by atoms with Crippen molar-refractivity contribution in [2.75, 3.05) is 18.0 Å². The number of carbonyl (C=O) groups is 3.